The third-order valence-corrected chi connectivity index (χ3v) is 8.44. The lowest BCUT2D eigenvalue weighted by atomic mass is 9.68. The average Bonchev–Trinajstić information content (AvgIpc) is 3.35. The summed E-state index contributed by atoms with van der Waals surface area (Å²) in [6, 6.07) is 5.54. The van der Waals surface area contributed by atoms with E-state index in [1.807, 2.05) is 23.2 Å². The Morgan fingerprint density at radius 3 is 2.68 bits per heavy atom. The molecule has 7 heteroatoms. The zero-order valence-corrected chi connectivity index (χ0v) is 19.6. The molecule has 3 heterocycles. The van der Waals surface area contributed by atoms with Crippen LogP contribution in [0.25, 0.3) is 10.9 Å². The second-order valence-electron chi connectivity index (χ2n) is 10.0. The molecule has 5 nitrogen and oxygen atoms in total. The highest BCUT2D eigenvalue weighted by molar-refractivity contribution is 7.12. The average molecular weight is 456 g/mol. The van der Waals surface area contributed by atoms with E-state index >= 15 is 0 Å². The van der Waals surface area contributed by atoms with E-state index in [4.69, 9.17) is 11.6 Å². The maximum atomic E-state index is 13.1. The number of hydrogen-bond acceptors (Lipinski definition) is 4. The second kappa shape index (κ2) is 7.17. The number of piperidine rings is 1. The van der Waals surface area contributed by atoms with Gasteiger partial charge in [-0.1, -0.05) is 32.4 Å². The number of fused-ring (bicyclic) bond motifs is 2. The molecule has 1 aromatic carbocycles. The van der Waals surface area contributed by atoms with Crippen LogP contribution < -0.4 is 0 Å². The van der Waals surface area contributed by atoms with Crippen molar-refractivity contribution < 1.29 is 9.59 Å². The Balaban J connectivity index is 1.33. The van der Waals surface area contributed by atoms with E-state index in [1.165, 1.54) is 0 Å². The summed E-state index contributed by atoms with van der Waals surface area (Å²) in [7, 11) is 0. The van der Waals surface area contributed by atoms with Crippen LogP contribution in [0.15, 0.2) is 24.4 Å². The lowest BCUT2D eigenvalue weighted by molar-refractivity contribution is 0.0522. The fraction of sp³-hybridized carbons (Fsp3) is 0.458. The third kappa shape index (κ3) is 3.60. The normalized spacial score (nSPS) is 18.6. The molecule has 0 radical (unpaired) electrons. The fourth-order valence-electron chi connectivity index (χ4n) is 4.80. The number of nitrogens with zero attached hydrogens (tertiary/aromatic N) is 2. The van der Waals surface area contributed by atoms with Crippen molar-refractivity contribution in [3.8, 4) is 0 Å². The van der Waals surface area contributed by atoms with Crippen molar-refractivity contribution in [1.82, 2.24) is 14.9 Å². The summed E-state index contributed by atoms with van der Waals surface area (Å²) in [6.07, 6.45) is 4.93. The maximum Gasteiger partial charge on any atom is 0.253 e. The SMILES string of the molecule is CC(C)(C)c1nc2c(s1)CC1(CCN(C(=O)c3cc(Cl)c4cc[nH]c4c3)CC1)CC2=O. The molecule has 3 aromatic rings. The number of halogens is 1. The van der Waals surface area contributed by atoms with E-state index in [-0.39, 0.29) is 22.5 Å². The molecule has 1 N–H and O–H groups in total. The summed E-state index contributed by atoms with van der Waals surface area (Å²) in [5.41, 5.74) is 2.06. The van der Waals surface area contributed by atoms with E-state index < -0.39 is 0 Å². The van der Waals surface area contributed by atoms with Crippen molar-refractivity contribution in [1.29, 1.82) is 0 Å². The van der Waals surface area contributed by atoms with Gasteiger partial charge in [0, 0.05) is 52.5 Å². The van der Waals surface area contributed by atoms with Crippen molar-refractivity contribution in [2.75, 3.05) is 13.1 Å². The molecule has 1 aliphatic carbocycles. The molecule has 0 atom stereocenters. The van der Waals surface area contributed by atoms with Crippen LogP contribution in [0.4, 0.5) is 0 Å². The van der Waals surface area contributed by atoms with Gasteiger partial charge in [-0.3, -0.25) is 9.59 Å². The van der Waals surface area contributed by atoms with Crippen molar-refractivity contribution in [2.24, 2.45) is 5.41 Å². The third-order valence-electron chi connectivity index (χ3n) is 6.65. The van der Waals surface area contributed by atoms with E-state index in [0.29, 0.717) is 35.8 Å². The van der Waals surface area contributed by atoms with E-state index in [2.05, 4.69) is 30.7 Å². The van der Waals surface area contributed by atoms with E-state index in [0.717, 1.165) is 40.1 Å². The van der Waals surface area contributed by atoms with Gasteiger partial charge in [-0.05, 0) is 42.9 Å². The van der Waals surface area contributed by atoms with Crippen molar-refractivity contribution >= 4 is 45.5 Å². The van der Waals surface area contributed by atoms with Crippen LogP contribution in [0, 0.1) is 5.41 Å². The highest BCUT2D eigenvalue weighted by atomic mass is 35.5. The number of amides is 1. The van der Waals surface area contributed by atoms with Gasteiger partial charge in [0.15, 0.2) is 5.78 Å². The number of nitrogens with one attached hydrogen (secondary N) is 1. The monoisotopic (exact) mass is 455 g/mol. The predicted octanol–water partition coefficient (Wildman–Crippen LogP) is 5.63. The number of benzene rings is 1. The fourth-order valence-corrected chi connectivity index (χ4v) is 6.40. The van der Waals surface area contributed by atoms with Crippen LogP contribution >= 0.6 is 22.9 Å². The molecule has 162 valence electrons. The van der Waals surface area contributed by atoms with Gasteiger partial charge in [0.1, 0.15) is 5.69 Å². The van der Waals surface area contributed by atoms with Gasteiger partial charge in [0.05, 0.1) is 10.0 Å². The van der Waals surface area contributed by atoms with Crippen LogP contribution in [0.5, 0.6) is 0 Å². The number of aromatic nitrogens is 2. The van der Waals surface area contributed by atoms with Gasteiger partial charge in [-0.15, -0.1) is 11.3 Å². The number of aromatic amines is 1. The molecule has 1 amide bonds. The molecule has 1 aliphatic heterocycles. The summed E-state index contributed by atoms with van der Waals surface area (Å²) < 4.78 is 0. The molecule has 1 saturated heterocycles. The number of Topliss-reactive ketones (excluding diaryl/α,β-unsaturated/α-hetero) is 1. The smallest absolute Gasteiger partial charge is 0.253 e. The summed E-state index contributed by atoms with van der Waals surface area (Å²) in [5, 5.41) is 2.54. The molecular weight excluding hydrogens is 430 g/mol. The maximum absolute atomic E-state index is 13.1. The second-order valence-corrected chi connectivity index (χ2v) is 11.5. The number of carbonyl (C=O) groups is 2. The minimum Gasteiger partial charge on any atom is -0.361 e. The Hall–Kier alpha value is -2.18. The van der Waals surface area contributed by atoms with Gasteiger partial charge in [-0.2, -0.15) is 0 Å². The molecule has 2 aliphatic rings. The number of hydrogen-bond donors (Lipinski definition) is 1. The van der Waals surface area contributed by atoms with Gasteiger partial charge in [0.2, 0.25) is 0 Å². The Morgan fingerprint density at radius 2 is 1.97 bits per heavy atom. The number of H-pyrrole nitrogens is 1. The highest BCUT2D eigenvalue weighted by Gasteiger charge is 2.43. The van der Waals surface area contributed by atoms with Gasteiger partial charge >= 0.3 is 0 Å². The lowest BCUT2D eigenvalue weighted by Gasteiger charge is -2.43. The zero-order chi connectivity index (χ0) is 22.0. The summed E-state index contributed by atoms with van der Waals surface area (Å²) >= 11 is 8.06. The van der Waals surface area contributed by atoms with Crippen molar-refractivity contribution in [2.45, 2.75) is 51.9 Å². The summed E-state index contributed by atoms with van der Waals surface area (Å²) in [5.74, 6) is 0.167. The summed E-state index contributed by atoms with van der Waals surface area (Å²) in [4.78, 5) is 36.9. The zero-order valence-electron chi connectivity index (χ0n) is 18.0. The van der Waals surface area contributed by atoms with Gasteiger partial charge in [0.25, 0.3) is 5.91 Å². The topological polar surface area (TPSA) is 66.1 Å². The van der Waals surface area contributed by atoms with Crippen molar-refractivity contribution in [3.05, 3.63) is 50.6 Å². The molecule has 0 unspecified atom stereocenters. The number of ketones is 1. The number of carbonyl (C=O) groups excluding carboxylic acids is 2. The Bertz CT molecular complexity index is 1200. The number of thiazole rings is 1. The van der Waals surface area contributed by atoms with Gasteiger partial charge < -0.3 is 9.88 Å². The van der Waals surface area contributed by atoms with E-state index in [1.54, 1.807) is 17.4 Å². The van der Waals surface area contributed by atoms with Crippen molar-refractivity contribution in [3.63, 3.8) is 0 Å². The first kappa shape index (κ1) is 20.7. The quantitative estimate of drug-likeness (QED) is 0.517. The van der Waals surface area contributed by atoms with Crippen LogP contribution in [-0.4, -0.2) is 39.6 Å². The number of likely N-dealkylation sites (tertiary alicyclic amines) is 1. The van der Waals surface area contributed by atoms with Crippen LogP contribution in [0.3, 0.4) is 0 Å². The minimum atomic E-state index is -0.0520. The van der Waals surface area contributed by atoms with Crippen LogP contribution in [0.2, 0.25) is 5.02 Å². The first-order chi connectivity index (χ1) is 14.7. The first-order valence-corrected chi connectivity index (χ1v) is 11.9. The number of rotatable bonds is 1. The van der Waals surface area contributed by atoms with Gasteiger partial charge in [-0.25, -0.2) is 4.98 Å². The minimum absolute atomic E-state index is 0.00360. The lowest BCUT2D eigenvalue weighted by Crippen LogP contribution is -2.46. The standard InChI is InChI=1S/C24H26ClN3O2S/c1-23(2,3)22-27-20-18(29)12-24(13-19(20)31-22)5-8-28(9-6-24)21(30)14-10-16(25)15-4-7-26-17(15)11-14/h4,7,10-11,26H,5-6,8-9,12-13H2,1-3H3. The first-order valence-electron chi connectivity index (χ1n) is 10.7. The van der Waals surface area contributed by atoms with Crippen LogP contribution in [0.1, 0.15) is 70.8 Å². The Labute approximate surface area is 190 Å². The van der Waals surface area contributed by atoms with Crippen LogP contribution in [-0.2, 0) is 11.8 Å². The Morgan fingerprint density at radius 1 is 1.23 bits per heavy atom. The molecule has 2 aromatic heterocycles. The molecular formula is C24H26ClN3O2S. The molecule has 5 rings (SSSR count). The molecule has 1 fully saturated rings. The Kier molecular flexibility index (Phi) is 4.79. The molecule has 0 bridgehead atoms. The predicted molar refractivity (Wildman–Crippen MR) is 124 cm³/mol. The highest BCUT2D eigenvalue weighted by Crippen LogP contribution is 2.46. The molecule has 31 heavy (non-hydrogen) atoms. The summed E-state index contributed by atoms with van der Waals surface area (Å²) in [6.45, 7) is 7.73. The molecule has 0 saturated carbocycles. The largest absolute Gasteiger partial charge is 0.361 e. The molecule has 1 spiro atoms. The van der Waals surface area contributed by atoms with E-state index in [9.17, 15) is 9.59 Å².